The Morgan fingerprint density at radius 2 is 2.27 bits per heavy atom. The van der Waals surface area contributed by atoms with Gasteiger partial charge in [0.05, 0.1) is 6.54 Å². The molecule has 15 heavy (non-hydrogen) atoms. The first-order valence-electron chi connectivity index (χ1n) is 5.57. The average Bonchev–Trinajstić information content (AvgIpc) is 2.25. The molecule has 4 heteroatoms. The van der Waals surface area contributed by atoms with Crippen LogP contribution in [0.5, 0.6) is 0 Å². The van der Waals surface area contributed by atoms with E-state index < -0.39 is 0 Å². The lowest BCUT2D eigenvalue weighted by Crippen LogP contribution is -2.28. The van der Waals surface area contributed by atoms with E-state index in [0.29, 0.717) is 6.54 Å². The summed E-state index contributed by atoms with van der Waals surface area (Å²) in [5, 5.41) is 7.27. The molecular weight excluding hydrogens is 190 g/mol. The second-order valence-electron chi connectivity index (χ2n) is 3.54. The predicted octanol–water partition coefficient (Wildman–Crippen LogP) is 1.02. The molecule has 0 bridgehead atoms. The van der Waals surface area contributed by atoms with Gasteiger partial charge < -0.3 is 5.32 Å². The fourth-order valence-electron chi connectivity index (χ4n) is 1.37. The molecule has 0 unspecified atom stereocenters. The van der Waals surface area contributed by atoms with Crippen LogP contribution >= 0.6 is 0 Å². The van der Waals surface area contributed by atoms with Gasteiger partial charge in [0.25, 0.3) is 5.56 Å². The Kier molecular flexibility index (Phi) is 5.70. The SMILES string of the molecule is CCCCCNCCn1ncccc1=O. The maximum Gasteiger partial charge on any atom is 0.266 e. The fourth-order valence-corrected chi connectivity index (χ4v) is 1.37. The molecule has 1 N–H and O–H groups in total. The van der Waals surface area contributed by atoms with Crippen LogP contribution in [-0.4, -0.2) is 22.9 Å². The normalized spacial score (nSPS) is 10.5. The molecule has 1 aromatic heterocycles. The minimum atomic E-state index is -0.0344. The standard InChI is InChI=1S/C11H19N3O/c1-2-3-4-7-12-9-10-14-11(15)6-5-8-13-14/h5-6,8,12H,2-4,7,9-10H2,1H3. The summed E-state index contributed by atoms with van der Waals surface area (Å²) in [6.45, 7) is 4.66. The molecule has 4 nitrogen and oxygen atoms in total. The smallest absolute Gasteiger partial charge is 0.266 e. The Morgan fingerprint density at radius 3 is 3.00 bits per heavy atom. The van der Waals surface area contributed by atoms with E-state index in [1.165, 1.54) is 30.0 Å². The number of rotatable bonds is 7. The third-order valence-electron chi connectivity index (χ3n) is 2.24. The van der Waals surface area contributed by atoms with Gasteiger partial charge in [0, 0.05) is 18.8 Å². The van der Waals surface area contributed by atoms with Gasteiger partial charge in [-0.05, 0) is 19.0 Å². The Balaban J connectivity index is 2.15. The van der Waals surface area contributed by atoms with Crippen molar-refractivity contribution in [2.24, 2.45) is 0 Å². The van der Waals surface area contributed by atoms with Gasteiger partial charge in [0.1, 0.15) is 0 Å². The molecule has 84 valence electrons. The zero-order valence-electron chi connectivity index (χ0n) is 9.28. The third-order valence-corrected chi connectivity index (χ3v) is 2.24. The summed E-state index contributed by atoms with van der Waals surface area (Å²) in [4.78, 5) is 11.3. The van der Waals surface area contributed by atoms with Crippen LogP contribution in [0, 0.1) is 0 Å². The Morgan fingerprint density at radius 1 is 1.40 bits per heavy atom. The molecule has 0 aromatic carbocycles. The molecule has 0 amide bonds. The van der Waals surface area contributed by atoms with Crippen LogP contribution in [0.25, 0.3) is 0 Å². The van der Waals surface area contributed by atoms with Crippen LogP contribution < -0.4 is 10.9 Å². The van der Waals surface area contributed by atoms with Crippen molar-refractivity contribution < 1.29 is 0 Å². The topological polar surface area (TPSA) is 46.9 Å². The highest BCUT2D eigenvalue weighted by molar-refractivity contribution is 4.84. The van der Waals surface area contributed by atoms with E-state index in [-0.39, 0.29) is 5.56 Å². The van der Waals surface area contributed by atoms with E-state index in [9.17, 15) is 4.79 Å². The van der Waals surface area contributed by atoms with Gasteiger partial charge in [-0.15, -0.1) is 0 Å². The number of hydrogen-bond donors (Lipinski definition) is 1. The molecule has 0 saturated carbocycles. The van der Waals surface area contributed by atoms with E-state index in [4.69, 9.17) is 0 Å². The lowest BCUT2D eigenvalue weighted by Gasteiger charge is -2.05. The molecule has 0 aliphatic carbocycles. The minimum Gasteiger partial charge on any atom is -0.315 e. The summed E-state index contributed by atoms with van der Waals surface area (Å²) in [6.07, 6.45) is 5.34. The van der Waals surface area contributed by atoms with E-state index in [2.05, 4.69) is 17.3 Å². The van der Waals surface area contributed by atoms with Gasteiger partial charge in [0.2, 0.25) is 0 Å². The first-order valence-corrected chi connectivity index (χ1v) is 5.57. The van der Waals surface area contributed by atoms with Crippen LogP contribution in [0.1, 0.15) is 26.2 Å². The number of nitrogens with zero attached hydrogens (tertiary/aromatic N) is 2. The zero-order chi connectivity index (χ0) is 10.9. The number of aromatic nitrogens is 2. The highest BCUT2D eigenvalue weighted by Crippen LogP contribution is 1.90. The van der Waals surface area contributed by atoms with E-state index in [1.807, 2.05) is 0 Å². The largest absolute Gasteiger partial charge is 0.315 e. The molecule has 1 heterocycles. The Hall–Kier alpha value is -1.16. The van der Waals surface area contributed by atoms with Gasteiger partial charge in [-0.2, -0.15) is 5.10 Å². The van der Waals surface area contributed by atoms with Crippen molar-refractivity contribution in [2.75, 3.05) is 13.1 Å². The molecule has 0 saturated heterocycles. The first kappa shape index (κ1) is 11.9. The quantitative estimate of drug-likeness (QED) is 0.682. The van der Waals surface area contributed by atoms with Crippen LogP contribution in [0.2, 0.25) is 0 Å². The summed E-state index contributed by atoms with van der Waals surface area (Å²) < 4.78 is 1.48. The highest BCUT2D eigenvalue weighted by atomic mass is 16.1. The van der Waals surface area contributed by atoms with Crippen molar-refractivity contribution in [1.82, 2.24) is 15.1 Å². The van der Waals surface area contributed by atoms with Crippen molar-refractivity contribution >= 4 is 0 Å². The minimum absolute atomic E-state index is 0.0344. The van der Waals surface area contributed by atoms with E-state index >= 15 is 0 Å². The molecule has 0 spiro atoms. The number of nitrogens with one attached hydrogen (secondary N) is 1. The molecule has 0 atom stereocenters. The zero-order valence-corrected chi connectivity index (χ0v) is 9.28. The van der Waals surface area contributed by atoms with Crippen molar-refractivity contribution in [3.63, 3.8) is 0 Å². The van der Waals surface area contributed by atoms with Crippen LogP contribution in [0.4, 0.5) is 0 Å². The second-order valence-corrected chi connectivity index (χ2v) is 3.54. The van der Waals surface area contributed by atoms with E-state index in [1.54, 1.807) is 12.3 Å². The van der Waals surface area contributed by atoms with Crippen molar-refractivity contribution in [1.29, 1.82) is 0 Å². The average molecular weight is 209 g/mol. The van der Waals surface area contributed by atoms with Crippen LogP contribution in [-0.2, 0) is 6.54 Å². The van der Waals surface area contributed by atoms with Gasteiger partial charge >= 0.3 is 0 Å². The summed E-state index contributed by atoms with van der Waals surface area (Å²) >= 11 is 0. The summed E-state index contributed by atoms with van der Waals surface area (Å²) in [7, 11) is 0. The number of hydrogen-bond acceptors (Lipinski definition) is 3. The van der Waals surface area contributed by atoms with E-state index in [0.717, 1.165) is 13.1 Å². The van der Waals surface area contributed by atoms with Gasteiger partial charge in [-0.1, -0.05) is 19.8 Å². The maximum absolute atomic E-state index is 11.3. The lowest BCUT2D eigenvalue weighted by molar-refractivity contribution is 0.521. The van der Waals surface area contributed by atoms with Gasteiger partial charge in [-0.25, -0.2) is 4.68 Å². The fraction of sp³-hybridized carbons (Fsp3) is 0.636. The monoisotopic (exact) mass is 209 g/mol. The van der Waals surface area contributed by atoms with Crippen molar-refractivity contribution in [3.8, 4) is 0 Å². The molecule has 0 radical (unpaired) electrons. The summed E-state index contributed by atoms with van der Waals surface area (Å²) in [6, 6.07) is 3.19. The molecule has 1 aromatic rings. The molecular formula is C11H19N3O. The summed E-state index contributed by atoms with van der Waals surface area (Å²) in [5.41, 5.74) is -0.0344. The maximum atomic E-state index is 11.3. The molecule has 0 aliphatic rings. The Labute approximate surface area is 90.3 Å². The predicted molar refractivity (Wildman–Crippen MR) is 60.9 cm³/mol. The molecule has 0 fully saturated rings. The first-order chi connectivity index (χ1) is 7.34. The highest BCUT2D eigenvalue weighted by Gasteiger charge is 1.94. The Bertz CT molecular complexity index is 322. The second kappa shape index (κ2) is 7.17. The van der Waals surface area contributed by atoms with Crippen molar-refractivity contribution in [3.05, 3.63) is 28.7 Å². The van der Waals surface area contributed by atoms with Gasteiger partial charge in [0.15, 0.2) is 0 Å². The van der Waals surface area contributed by atoms with Gasteiger partial charge in [-0.3, -0.25) is 4.79 Å². The van der Waals surface area contributed by atoms with Crippen LogP contribution in [0.3, 0.4) is 0 Å². The van der Waals surface area contributed by atoms with Crippen molar-refractivity contribution in [2.45, 2.75) is 32.7 Å². The number of unbranched alkanes of at least 4 members (excludes halogenated alkanes) is 2. The van der Waals surface area contributed by atoms with Crippen LogP contribution in [0.15, 0.2) is 23.1 Å². The summed E-state index contributed by atoms with van der Waals surface area (Å²) in [5.74, 6) is 0. The molecule has 0 aliphatic heterocycles. The third kappa shape index (κ3) is 4.74. The molecule has 1 rings (SSSR count). The lowest BCUT2D eigenvalue weighted by atomic mass is 10.2.